The minimum atomic E-state index is -0.383. The predicted octanol–water partition coefficient (Wildman–Crippen LogP) is 4.94. The standard InChI is InChI=1S/C18H20Cl2N4O2/c1-10(2)15-9-26-18(25)24(15)16-6-7-21-17(23-16)22-11(3)12-4-5-13(19)14(20)8-12/h4-8,10-11,15H,9H2,1-3H3,(H,21,22,23)/t11-,15?/m1/s1. The lowest BCUT2D eigenvalue weighted by molar-refractivity contribution is 0.177. The van der Waals surface area contributed by atoms with Crippen molar-refractivity contribution < 1.29 is 9.53 Å². The van der Waals surface area contributed by atoms with Crippen LogP contribution in [0.25, 0.3) is 0 Å². The number of ether oxygens (including phenoxy) is 1. The van der Waals surface area contributed by atoms with Gasteiger partial charge in [0.15, 0.2) is 0 Å². The maximum Gasteiger partial charge on any atom is 0.415 e. The van der Waals surface area contributed by atoms with E-state index in [0.717, 1.165) is 5.56 Å². The van der Waals surface area contributed by atoms with Gasteiger partial charge in [0.1, 0.15) is 12.4 Å². The minimum absolute atomic E-state index is 0.0438. The van der Waals surface area contributed by atoms with E-state index < -0.39 is 0 Å². The average molecular weight is 395 g/mol. The molecule has 1 aromatic carbocycles. The first kappa shape index (κ1) is 18.7. The number of nitrogens with zero attached hydrogens (tertiary/aromatic N) is 3. The first-order valence-electron chi connectivity index (χ1n) is 8.37. The molecule has 0 saturated carbocycles. The Bertz CT molecular complexity index is 816. The Hall–Kier alpha value is -2.05. The van der Waals surface area contributed by atoms with E-state index in [9.17, 15) is 4.79 Å². The fourth-order valence-electron chi connectivity index (χ4n) is 2.80. The fourth-order valence-corrected chi connectivity index (χ4v) is 3.11. The van der Waals surface area contributed by atoms with Crippen LogP contribution in [-0.4, -0.2) is 28.7 Å². The SMILES string of the molecule is CC(C)C1COC(=O)N1c1ccnc(N[C@H](C)c2ccc(Cl)c(Cl)c2)n1. The molecule has 1 amide bonds. The maximum atomic E-state index is 12.1. The van der Waals surface area contributed by atoms with Gasteiger partial charge in [-0.15, -0.1) is 0 Å². The molecule has 8 heteroatoms. The van der Waals surface area contributed by atoms with Gasteiger partial charge in [0.2, 0.25) is 5.95 Å². The van der Waals surface area contributed by atoms with Crippen molar-refractivity contribution in [2.45, 2.75) is 32.9 Å². The number of rotatable bonds is 5. The number of nitrogens with one attached hydrogen (secondary N) is 1. The molecular weight excluding hydrogens is 375 g/mol. The summed E-state index contributed by atoms with van der Waals surface area (Å²) in [6.07, 6.45) is 1.24. The molecule has 0 aliphatic carbocycles. The smallest absolute Gasteiger partial charge is 0.415 e. The molecule has 1 fully saturated rings. The van der Waals surface area contributed by atoms with Gasteiger partial charge in [-0.1, -0.05) is 43.1 Å². The van der Waals surface area contributed by atoms with E-state index in [4.69, 9.17) is 27.9 Å². The Morgan fingerprint density at radius 2 is 2.00 bits per heavy atom. The van der Waals surface area contributed by atoms with Crippen LogP contribution in [0.2, 0.25) is 10.0 Å². The fraction of sp³-hybridized carbons (Fsp3) is 0.389. The summed E-state index contributed by atoms with van der Waals surface area (Å²) in [6.45, 7) is 6.43. The Kier molecular flexibility index (Phi) is 5.53. The van der Waals surface area contributed by atoms with E-state index in [-0.39, 0.29) is 24.1 Å². The van der Waals surface area contributed by atoms with Crippen LogP contribution in [-0.2, 0) is 4.74 Å². The van der Waals surface area contributed by atoms with Crippen LogP contribution in [0, 0.1) is 5.92 Å². The second kappa shape index (κ2) is 7.68. The summed E-state index contributed by atoms with van der Waals surface area (Å²) < 4.78 is 5.19. The average Bonchev–Trinajstić information content (AvgIpc) is 2.99. The topological polar surface area (TPSA) is 67.3 Å². The molecule has 0 bridgehead atoms. The third-order valence-electron chi connectivity index (χ3n) is 4.35. The zero-order valence-electron chi connectivity index (χ0n) is 14.7. The molecule has 2 heterocycles. The third-order valence-corrected chi connectivity index (χ3v) is 5.09. The van der Waals surface area contributed by atoms with E-state index in [1.807, 2.05) is 26.8 Å². The van der Waals surface area contributed by atoms with Crippen LogP contribution in [0.4, 0.5) is 16.6 Å². The van der Waals surface area contributed by atoms with E-state index in [2.05, 4.69) is 15.3 Å². The van der Waals surface area contributed by atoms with Gasteiger partial charge in [0, 0.05) is 6.20 Å². The molecule has 1 aliphatic rings. The number of halogens is 2. The number of anilines is 2. The monoisotopic (exact) mass is 394 g/mol. The molecular formula is C18H20Cl2N4O2. The Labute approximate surface area is 162 Å². The van der Waals surface area contributed by atoms with Crippen molar-refractivity contribution >= 4 is 41.1 Å². The number of benzene rings is 1. The number of cyclic esters (lactones) is 1. The van der Waals surface area contributed by atoms with Gasteiger partial charge in [-0.25, -0.2) is 9.78 Å². The molecule has 138 valence electrons. The maximum absolute atomic E-state index is 12.1. The van der Waals surface area contributed by atoms with Crippen LogP contribution in [0.15, 0.2) is 30.5 Å². The van der Waals surface area contributed by atoms with Crippen molar-refractivity contribution in [3.05, 3.63) is 46.1 Å². The molecule has 1 unspecified atom stereocenters. The van der Waals surface area contributed by atoms with E-state index in [0.29, 0.717) is 28.4 Å². The Morgan fingerprint density at radius 1 is 1.23 bits per heavy atom. The highest BCUT2D eigenvalue weighted by atomic mass is 35.5. The number of hydrogen-bond acceptors (Lipinski definition) is 5. The van der Waals surface area contributed by atoms with Gasteiger partial charge in [0.05, 0.1) is 22.1 Å². The zero-order valence-corrected chi connectivity index (χ0v) is 16.3. The molecule has 2 aromatic rings. The second-order valence-corrected chi connectivity index (χ2v) is 7.35. The van der Waals surface area contributed by atoms with Gasteiger partial charge in [-0.05, 0) is 36.6 Å². The van der Waals surface area contributed by atoms with Gasteiger partial charge in [-0.3, -0.25) is 4.90 Å². The molecule has 2 atom stereocenters. The van der Waals surface area contributed by atoms with E-state index >= 15 is 0 Å². The summed E-state index contributed by atoms with van der Waals surface area (Å²) in [7, 11) is 0. The van der Waals surface area contributed by atoms with Crippen LogP contribution < -0.4 is 10.2 Å². The van der Waals surface area contributed by atoms with Crippen LogP contribution in [0.5, 0.6) is 0 Å². The second-order valence-electron chi connectivity index (χ2n) is 6.54. The van der Waals surface area contributed by atoms with Gasteiger partial charge >= 0.3 is 6.09 Å². The molecule has 1 saturated heterocycles. The van der Waals surface area contributed by atoms with Crippen molar-refractivity contribution in [2.24, 2.45) is 5.92 Å². The first-order chi connectivity index (χ1) is 12.4. The van der Waals surface area contributed by atoms with Crippen LogP contribution in [0.1, 0.15) is 32.4 Å². The highest BCUT2D eigenvalue weighted by molar-refractivity contribution is 6.42. The third kappa shape index (κ3) is 3.86. The molecule has 1 aliphatic heterocycles. The number of aromatic nitrogens is 2. The summed E-state index contributed by atoms with van der Waals surface area (Å²) in [5, 5.41) is 4.23. The lowest BCUT2D eigenvalue weighted by Crippen LogP contribution is -2.37. The summed E-state index contributed by atoms with van der Waals surface area (Å²) in [5.41, 5.74) is 0.953. The highest BCUT2D eigenvalue weighted by Gasteiger charge is 2.37. The van der Waals surface area contributed by atoms with Crippen molar-refractivity contribution in [2.75, 3.05) is 16.8 Å². The summed E-state index contributed by atoms with van der Waals surface area (Å²) in [6, 6.07) is 7.02. The molecule has 0 radical (unpaired) electrons. The molecule has 1 N–H and O–H groups in total. The number of carbonyl (C=O) groups is 1. The van der Waals surface area contributed by atoms with E-state index in [1.165, 1.54) is 0 Å². The van der Waals surface area contributed by atoms with Crippen molar-refractivity contribution in [1.82, 2.24) is 9.97 Å². The molecule has 1 aromatic heterocycles. The normalized spacial score (nSPS) is 18.2. The largest absolute Gasteiger partial charge is 0.447 e. The highest BCUT2D eigenvalue weighted by Crippen LogP contribution is 2.28. The van der Waals surface area contributed by atoms with E-state index in [1.54, 1.807) is 29.3 Å². The molecule has 26 heavy (non-hydrogen) atoms. The van der Waals surface area contributed by atoms with Crippen molar-refractivity contribution in [3.8, 4) is 0 Å². The Balaban J connectivity index is 1.81. The van der Waals surface area contributed by atoms with Crippen molar-refractivity contribution in [1.29, 1.82) is 0 Å². The van der Waals surface area contributed by atoms with Crippen LogP contribution in [0.3, 0.4) is 0 Å². The lowest BCUT2D eigenvalue weighted by Gasteiger charge is -2.23. The summed E-state index contributed by atoms with van der Waals surface area (Å²) >= 11 is 12.1. The summed E-state index contributed by atoms with van der Waals surface area (Å²) in [5.74, 6) is 1.19. The predicted molar refractivity (Wildman–Crippen MR) is 103 cm³/mol. The van der Waals surface area contributed by atoms with Gasteiger partial charge in [-0.2, -0.15) is 4.98 Å². The van der Waals surface area contributed by atoms with Gasteiger partial charge in [0.25, 0.3) is 0 Å². The summed E-state index contributed by atoms with van der Waals surface area (Å²) in [4.78, 5) is 22.4. The van der Waals surface area contributed by atoms with Crippen molar-refractivity contribution in [3.63, 3.8) is 0 Å². The number of carbonyl (C=O) groups excluding carboxylic acids is 1. The van der Waals surface area contributed by atoms with Gasteiger partial charge < -0.3 is 10.1 Å². The molecule has 0 spiro atoms. The molecule has 3 rings (SSSR count). The van der Waals surface area contributed by atoms with Crippen LogP contribution >= 0.6 is 23.2 Å². The molecule has 6 nitrogen and oxygen atoms in total. The quantitative estimate of drug-likeness (QED) is 0.777. The minimum Gasteiger partial charge on any atom is -0.447 e. The zero-order chi connectivity index (χ0) is 18.8. The number of hydrogen-bond donors (Lipinski definition) is 1. The Morgan fingerprint density at radius 3 is 2.69 bits per heavy atom. The number of amides is 1. The first-order valence-corrected chi connectivity index (χ1v) is 9.13. The lowest BCUT2D eigenvalue weighted by atomic mass is 10.0.